The smallest absolute Gasteiger partial charge is 0.258 e. The molecule has 1 N–H and O–H groups in total. The fraction of sp³-hybridized carbons (Fsp3) is 0.409. The zero-order valence-corrected chi connectivity index (χ0v) is 15.4. The lowest BCUT2D eigenvalue weighted by Crippen LogP contribution is -2.31. The molecule has 0 bridgehead atoms. The minimum Gasteiger partial charge on any atom is -0.483 e. The Morgan fingerprint density at radius 1 is 1.12 bits per heavy atom. The molecule has 0 fully saturated rings. The minimum atomic E-state index is -0.0841. The molecule has 0 heterocycles. The lowest BCUT2D eigenvalue weighted by Gasteiger charge is -2.20. The van der Waals surface area contributed by atoms with Crippen LogP contribution in [0, 0.1) is 13.8 Å². The molecule has 1 aliphatic rings. The van der Waals surface area contributed by atoms with Gasteiger partial charge in [-0.1, -0.05) is 30.3 Å². The molecule has 3 heteroatoms. The topological polar surface area (TPSA) is 38.3 Å². The Morgan fingerprint density at radius 2 is 1.92 bits per heavy atom. The molecule has 0 saturated heterocycles. The van der Waals surface area contributed by atoms with Crippen LogP contribution in [0.25, 0.3) is 0 Å². The fourth-order valence-corrected chi connectivity index (χ4v) is 3.43. The highest BCUT2D eigenvalue weighted by atomic mass is 16.5. The van der Waals surface area contributed by atoms with Gasteiger partial charge in [-0.25, -0.2) is 0 Å². The van der Waals surface area contributed by atoms with Crippen LogP contribution in [-0.4, -0.2) is 12.5 Å². The number of aryl methyl sites for hydroxylation is 3. The van der Waals surface area contributed by atoms with Crippen LogP contribution in [0.4, 0.5) is 0 Å². The fourth-order valence-electron chi connectivity index (χ4n) is 3.43. The highest BCUT2D eigenvalue weighted by Gasteiger charge is 2.15. The van der Waals surface area contributed by atoms with Crippen LogP contribution in [0.3, 0.4) is 0 Å². The first-order valence-corrected chi connectivity index (χ1v) is 9.14. The number of fused-ring (bicyclic) bond motifs is 1. The van der Waals surface area contributed by atoms with Gasteiger partial charge in [0.1, 0.15) is 5.75 Å². The third kappa shape index (κ3) is 4.22. The van der Waals surface area contributed by atoms with Gasteiger partial charge in [0.25, 0.3) is 5.91 Å². The van der Waals surface area contributed by atoms with Crippen molar-refractivity contribution in [2.24, 2.45) is 0 Å². The highest BCUT2D eigenvalue weighted by Crippen LogP contribution is 2.29. The summed E-state index contributed by atoms with van der Waals surface area (Å²) in [5.74, 6) is 0.783. The number of hydrogen-bond donors (Lipinski definition) is 1. The average Bonchev–Trinajstić information content (AvgIpc) is 2.62. The van der Waals surface area contributed by atoms with Crippen LogP contribution in [0.1, 0.15) is 53.6 Å². The first-order chi connectivity index (χ1) is 12.0. The Labute approximate surface area is 150 Å². The summed E-state index contributed by atoms with van der Waals surface area (Å²) in [6.07, 6.45) is 4.60. The second kappa shape index (κ2) is 7.73. The van der Waals surface area contributed by atoms with Gasteiger partial charge in [-0.05, 0) is 80.3 Å². The van der Waals surface area contributed by atoms with Gasteiger partial charge in [0, 0.05) is 0 Å². The lowest BCUT2D eigenvalue weighted by atomic mass is 9.91. The Bertz CT molecular complexity index is 767. The summed E-state index contributed by atoms with van der Waals surface area (Å²) in [5, 5.41) is 3.03. The first kappa shape index (κ1) is 17.5. The lowest BCUT2D eigenvalue weighted by molar-refractivity contribution is -0.123. The molecule has 25 heavy (non-hydrogen) atoms. The number of carbonyl (C=O) groups is 1. The van der Waals surface area contributed by atoms with Crippen molar-refractivity contribution in [2.75, 3.05) is 6.61 Å². The molecule has 1 aliphatic carbocycles. The predicted molar refractivity (Wildman–Crippen MR) is 101 cm³/mol. The third-order valence-corrected chi connectivity index (χ3v) is 5.12. The predicted octanol–water partition coefficient (Wildman–Crippen LogP) is 4.44. The van der Waals surface area contributed by atoms with E-state index in [1.54, 1.807) is 0 Å². The van der Waals surface area contributed by atoms with E-state index < -0.39 is 0 Å². The van der Waals surface area contributed by atoms with Crippen LogP contribution < -0.4 is 10.1 Å². The number of amides is 1. The molecular formula is C22H27NO2. The second-order valence-corrected chi connectivity index (χ2v) is 7.02. The maximum absolute atomic E-state index is 12.3. The van der Waals surface area contributed by atoms with Crippen molar-refractivity contribution >= 4 is 5.91 Å². The maximum Gasteiger partial charge on any atom is 0.258 e. The van der Waals surface area contributed by atoms with Gasteiger partial charge < -0.3 is 10.1 Å². The van der Waals surface area contributed by atoms with Crippen LogP contribution >= 0.6 is 0 Å². The summed E-state index contributed by atoms with van der Waals surface area (Å²) in [5.41, 5.74) is 6.27. The quantitative estimate of drug-likeness (QED) is 0.876. The van der Waals surface area contributed by atoms with E-state index >= 15 is 0 Å². The Balaban J connectivity index is 1.59. The van der Waals surface area contributed by atoms with Gasteiger partial charge in [-0.15, -0.1) is 0 Å². The average molecular weight is 337 g/mol. The van der Waals surface area contributed by atoms with Crippen molar-refractivity contribution in [3.63, 3.8) is 0 Å². The number of benzene rings is 2. The summed E-state index contributed by atoms with van der Waals surface area (Å²) in [4.78, 5) is 12.3. The van der Waals surface area contributed by atoms with Crippen molar-refractivity contribution in [2.45, 2.75) is 52.5 Å². The molecular weight excluding hydrogens is 310 g/mol. The monoisotopic (exact) mass is 337 g/mol. The molecule has 0 spiro atoms. The molecule has 0 aromatic heterocycles. The highest BCUT2D eigenvalue weighted by molar-refractivity contribution is 5.78. The standard InChI is InChI=1S/C22H27NO2/c1-15-11-12-19(13-16(15)2)17(3)23-22(24)14-25-21-10-6-8-18-7-4-5-9-20(18)21/h6,8,10-13,17H,4-5,7,9,14H2,1-3H3,(H,23,24)/t17-/m0/s1. The van der Waals surface area contributed by atoms with Crippen molar-refractivity contribution in [3.8, 4) is 5.75 Å². The van der Waals surface area contributed by atoms with Crippen molar-refractivity contribution in [1.82, 2.24) is 5.32 Å². The van der Waals surface area contributed by atoms with E-state index in [1.165, 1.54) is 35.1 Å². The van der Waals surface area contributed by atoms with E-state index in [9.17, 15) is 4.79 Å². The zero-order valence-electron chi connectivity index (χ0n) is 15.4. The minimum absolute atomic E-state index is 0.0277. The number of ether oxygens (including phenoxy) is 1. The van der Waals surface area contributed by atoms with E-state index in [2.05, 4.69) is 43.4 Å². The summed E-state index contributed by atoms with van der Waals surface area (Å²) >= 11 is 0. The summed E-state index contributed by atoms with van der Waals surface area (Å²) in [6, 6.07) is 12.4. The van der Waals surface area contributed by atoms with Crippen molar-refractivity contribution in [1.29, 1.82) is 0 Å². The van der Waals surface area contributed by atoms with Gasteiger partial charge in [-0.2, -0.15) is 0 Å². The van der Waals surface area contributed by atoms with E-state index in [0.29, 0.717) is 0 Å². The molecule has 0 saturated carbocycles. The molecule has 3 nitrogen and oxygen atoms in total. The summed E-state index contributed by atoms with van der Waals surface area (Å²) < 4.78 is 5.83. The SMILES string of the molecule is Cc1ccc([C@H](C)NC(=O)COc2cccc3c2CCCC3)cc1C. The normalized spacial score (nSPS) is 14.5. The molecule has 2 aromatic rings. The van der Waals surface area contributed by atoms with Gasteiger partial charge in [0.2, 0.25) is 0 Å². The molecule has 1 amide bonds. The van der Waals surface area contributed by atoms with Gasteiger partial charge in [-0.3, -0.25) is 4.79 Å². The molecule has 2 aromatic carbocycles. The second-order valence-electron chi connectivity index (χ2n) is 7.02. The van der Waals surface area contributed by atoms with Gasteiger partial charge in [0.15, 0.2) is 6.61 Å². The van der Waals surface area contributed by atoms with E-state index in [0.717, 1.165) is 24.2 Å². The number of nitrogens with one attached hydrogen (secondary N) is 1. The van der Waals surface area contributed by atoms with E-state index in [1.807, 2.05) is 19.1 Å². The molecule has 0 aliphatic heterocycles. The van der Waals surface area contributed by atoms with Gasteiger partial charge >= 0.3 is 0 Å². The van der Waals surface area contributed by atoms with E-state index in [4.69, 9.17) is 4.74 Å². The van der Waals surface area contributed by atoms with Crippen LogP contribution in [0.2, 0.25) is 0 Å². The van der Waals surface area contributed by atoms with Crippen LogP contribution in [0.15, 0.2) is 36.4 Å². The van der Waals surface area contributed by atoms with Crippen molar-refractivity contribution < 1.29 is 9.53 Å². The molecule has 1 atom stereocenters. The first-order valence-electron chi connectivity index (χ1n) is 9.14. The van der Waals surface area contributed by atoms with E-state index in [-0.39, 0.29) is 18.6 Å². The Hall–Kier alpha value is -2.29. The van der Waals surface area contributed by atoms with Crippen LogP contribution in [0.5, 0.6) is 5.75 Å². The number of hydrogen-bond acceptors (Lipinski definition) is 2. The summed E-state index contributed by atoms with van der Waals surface area (Å²) in [6.45, 7) is 6.25. The molecule has 0 unspecified atom stereocenters. The molecule has 132 valence electrons. The Kier molecular flexibility index (Phi) is 5.42. The maximum atomic E-state index is 12.3. The Morgan fingerprint density at radius 3 is 2.72 bits per heavy atom. The largest absolute Gasteiger partial charge is 0.483 e. The van der Waals surface area contributed by atoms with Crippen molar-refractivity contribution in [3.05, 3.63) is 64.2 Å². The third-order valence-electron chi connectivity index (χ3n) is 5.12. The van der Waals surface area contributed by atoms with Crippen LogP contribution in [-0.2, 0) is 17.6 Å². The molecule has 0 radical (unpaired) electrons. The number of rotatable bonds is 5. The summed E-state index contributed by atoms with van der Waals surface area (Å²) in [7, 11) is 0. The van der Waals surface area contributed by atoms with Gasteiger partial charge in [0.05, 0.1) is 6.04 Å². The number of carbonyl (C=O) groups excluding carboxylic acids is 1. The zero-order chi connectivity index (χ0) is 17.8. The molecule has 3 rings (SSSR count).